The molecule has 0 heterocycles. The largest absolute Gasteiger partial charge is 0.0846 e. The van der Waals surface area contributed by atoms with Gasteiger partial charge in [0.05, 0.1) is 0 Å². The summed E-state index contributed by atoms with van der Waals surface area (Å²) in [5.41, 5.74) is 7.69. The lowest BCUT2D eigenvalue weighted by atomic mass is 9.93. The molecule has 2 aromatic carbocycles. The first-order valence-corrected chi connectivity index (χ1v) is 8.38. The van der Waals surface area contributed by atoms with Crippen LogP contribution in [0.2, 0.25) is 0 Å². The second kappa shape index (κ2) is 8.03. The highest BCUT2D eigenvalue weighted by Crippen LogP contribution is 2.23. The molecule has 0 aliphatic heterocycles. The maximum atomic E-state index is 5.33. The Morgan fingerprint density at radius 2 is 1.61 bits per heavy atom. The minimum atomic E-state index is 0.927. The van der Waals surface area contributed by atoms with E-state index in [4.69, 9.17) is 12.2 Å². The van der Waals surface area contributed by atoms with Gasteiger partial charge in [-0.3, -0.25) is 0 Å². The fourth-order valence-corrected chi connectivity index (χ4v) is 2.60. The Balaban J connectivity index is 2.45. The van der Waals surface area contributed by atoms with Crippen molar-refractivity contribution in [2.75, 3.05) is 0 Å². The molecule has 0 fully saturated rings. The molecule has 0 nitrogen and oxygen atoms in total. The highest BCUT2D eigenvalue weighted by molar-refractivity contribution is 7.80. The van der Waals surface area contributed by atoms with E-state index in [1.807, 2.05) is 6.92 Å². The van der Waals surface area contributed by atoms with E-state index in [0.29, 0.717) is 0 Å². The minimum Gasteiger partial charge on any atom is -0.0846 e. The van der Waals surface area contributed by atoms with Gasteiger partial charge in [-0.2, -0.15) is 0 Å². The van der Waals surface area contributed by atoms with Crippen LogP contribution in [0.25, 0.3) is 5.57 Å². The van der Waals surface area contributed by atoms with Crippen molar-refractivity contribution in [1.29, 1.82) is 0 Å². The third-order valence-electron chi connectivity index (χ3n) is 3.90. The standard InChI is InChI=1S/C22H24S/c1-16(2)12-13-22(14-19-9-6-5-8-17(19)3)21-11-7-10-20(15-21)18(4)23/h5-13,15H,14H2,1-4H3/b22-13+. The maximum Gasteiger partial charge on any atom is 0.0193 e. The topological polar surface area (TPSA) is 0 Å². The van der Waals surface area contributed by atoms with Crippen molar-refractivity contribution in [3.05, 3.63) is 88.5 Å². The summed E-state index contributed by atoms with van der Waals surface area (Å²) in [4.78, 5) is 0.935. The molecule has 0 radical (unpaired) electrons. The van der Waals surface area contributed by atoms with Gasteiger partial charge >= 0.3 is 0 Å². The molecule has 0 bridgehead atoms. The summed E-state index contributed by atoms with van der Waals surface area (Å²) in [6, 6.07) is 17.1. The SMILES string of the molecule is CC(=S)c1cccc(/C(=C/C=C(C)C)Cc2ccccc2C)c1. The van der Waals surface area contributed by atoms with Crippen LogP contribution in [0.3, 0.4) is 0 Å². The van der Waals surface area contributed by atoms with Crippen LogP contribution < -0.4 is 0 Å². The van der Waals surface area contributed by atoms with Gasteiger partial charge in [-0.1, -0.05) is 72.4 Å². The van der Waals surface area contributed by atoms with Crippen molar-refractivity contribution in [3.63, 3.8) is 0 Å². The smallest absolute Gasteiger partial charge is 0.0193 e. The van der Waals surface area contributed by atoms with Crippen LogP contribution in [0.4, 0.5) is 0 Å². The van der Waals surface area contributed by atoms with Gasteiger partial charge in [0, 0.05) is 4.86 Å². The van der Waals surface area contributed by atoms with Crippen molar-refractivity contribution >= 4 is 22.7 Å². The number of allylic oxidation sites excluding steroid dienone is 4. The zero-order chi connectivity index (χ0) is 16.8. The highest BCUT2D eigenvalue weighted by atomic mass is 32.1. The molecule has 0 aromatic heterocycles. The van der Waals surface area contributed by atoms with E-state index in [0.717, 1.165) is 16.8 Å². The maximum absolute atomic E-state index is 5.33. The summed E-state index contributed by atoms with van der Waals surface area (Å²) in [5, 5.41) is 0. The first kappa shape index (κ1) is 17.4. The lowest BCUT2D eigenvalue weighted by Gasteiger charge is -2.11. The van der Waals surface area contributed by atoms with Gasteiger partial charge in [0.1, 0.15) is 0 Å². The van der Waals surface area contributed by atoms with E-state index in [9.17, 15) is 0 Å². The average Bonchev–Trinajstić information content (AvgIpc) is 2.53. The van der Waals surface area contributed by atoms with Crippen LogP contribution in [0.5, 0.6) is 0 Å². The first-order valence-electron chi connectivity index (χ1n) is 7.97. The molecule has 2 aromatic rings. The summed E-state index contributed by atoms with van der Waals surface area (Å²) in [7, 11) is 0. The predicted octanol–water partition coefficient (Wildman–Crippen LogP) is 6.33. The number of aryl methyl sites for hydroxylation is 1. The van der Waals surface area contributed by atoms with Crippen molar-refractivity contribution in [2.24, 2.45) is 0 Å². The minimum absolute atomic E-state index is 0.927. The zero-order valence-electron chi connectivity index (χ0n) is 14.4. The highest BCUT2D eigenvalue weighted by Gasteiger charge is 2.06. The number of thiocarbonyl (C=S) groups is 1. The molecule has 0 unspecified atom stereocenters. The molecule has 0 N–H and O–H groups in total. The Morgan fingerprint density at radius 1 is 0.913 bits per heavy atom. The molecule has 23 heavy (non-hydrogen) atoms. The van der Waals surface area contributed by atoms with Crippen LogP contribution in [0.15, 0.2) is 66.3 Å². The van der Waals surface area contributed by atoms with Crippen molar-refractivity contribution in [1.82, 2.24) is 0 Å². The molecule has 1 heteroatoms. The van der Waals surface area contributed by atoms with Gasteiger partial charge < -0.3 is 0 Å². The van der Waals surface area contributed by atoms with E-state index < -0.39 is 0 Å². The third kappa shape index (κ3) is 5.01. The van der Waals surface area contributed by atoms with E-state index in [1.54, 1.807) is 0 Å². The Bertz CT molecular complexity index is 759. The molecular weight excluding hydrogens is 296 g/mol. The van der Waals surface area contributed by atoms with E-state index in [-0.39, 0.29) is 0 Å². The zero-order valence-corrected chi connectivity index (χ0v) is 15.2. The third-order valence-corrected chi connectivity index (χ3v) is 4.14. The first-order chi connectivity index (χ1) is 11.0. The number of hydrogen-bond donors (Lipinski definition) is 0. The Labute approximate surface area is 145 Å². The van der Waals surface area contributed by atoms with Crippen molar-refractivity contribution in [3.8, 4) is 0 Å². The van der Waals surface area contributed by atoms with Crippen LogP contribution in [0, 0.1) is 6.92 Å². The second-order valence-electron chi connectivity index (χ2n) is 6.18. The normalized spacial score (nSPS) is 11.2. The van der Waals surface area contributed by atoms with Gasteiger partial charge in [-0.05, 0) is 68.0 Å². The quantitative estimate of drug-likeness (QED) is 0.352. The molecule has 2 rings (SSSR count). The second-order valence-corrected chi connectivity index (χ2v) is 6.79. The van der Waals surface area contributed by atoms with Crippen molar-refractivity contribution in [2.45, 2.75) is 34.1 Å². The van der Waals surface area contributed by atoms with E-state index >= 15 is 0 Å². The van der Waals surface area contributed by atoms with Gasteiger partial charge in [-0.15, -0.1) is 0 Å². The Morgan fingerprint density at radius 3 is 2.26 bits per heavy atom. The number of hydrogen-bond acceptors (Lipinski definition) is 1. The van der Waals surface area contributed by atoms with Gasteiger partial charge in [0.25, 0.3) is 0 Å². The molecule has 0 spiro atoms. The summed E-state index contributed by atoms with van der Waals surface area (Å²) < 4.78 is 0. The summed E-state index contributed by atoms with van der Waals surface area (Å²) in [6.07, 6.45) is 5.35. The fourth-order valence-electron chi connectivity index (χ4n) is 2.48. The van der Waals surface area contributed by atoms with Gasteiger partial charge in [0.15, 0.2) is 0 Å². The number of benzene rings is 2. The molecule has 0 saturated heterocycles. The van der Waals surface area contributed by atoms with Crippen LogP contribution in [-0.2, 0) is 6.42 Å². The van der Waals surface area contributed by atoms with Gasteiger partial charge in [-0.25, -0.2) is 0 Å². The predicted molar refractivity (Wildman–Crippen MR) is 106 cm³/mol. The molecule has 0 amide bonds. The summed E-state index contributed by atoms with van der Waals surface area (Å²) in [6.45, 7) is 8.40. The Kier molecular flexibility index (Phi) is 6.06. The van der Waals surface area contributed by atoms with Crippen LogP contribution in [0.1, 0.15) is 43.0 Å². The van der Waals surface area contributed by atoms with Crippen molar-refractivity contribution < 1.29 is 0 Å². The monoisotopic (exact) mass is 320 g/mol. The molecular formula is C22H24S. The number of rotatable bonds is 5. The summed E-state index contributed by atoms with van der Waals surface area (Å²) >= 11 is 5.33. The Hall–Kier alpha value is -1.99. The van der Waals surface area contributed by atoms with E-state index in [2.05, 4.69) is 81.5 Å². The fraction of sp³-hybridized carbons (Fsp3) is 0.227. The van der Waals surface area contributed by atoms with Crippen LogP contribution >= 0.6 is 12.2 Å². The molecule has 0 atom stereocenters. The molecule has 0 aliphatic rings. The van der Waals surface area contributed by atoms with E-state index in [1.165, 1.54) is 27.8 Å². The molecule has 0 aliphatic carbocycles. The average molecular weight is 321 g/mol. The molecule has 118 valence electrons. The lowest BCUT2D eigenvalue weighted by molar-refractivity contribution is 1.22. The molecule has 0 saturated carbocycles. The lowest BCUT2D eigenvalue weighted by Crippen LogP contribution is -1.96. The van der Waals surface area contributed by atoms with Gasteiger partial charge in [0.2, 0.25) is 0 Å². The summed E-state index contributed by atoms with van der Waals surface area (Å²) in [5.74, 6) is 0. The van der Waals surface area contributed by atoms with Crippen LogP contribution in [-0.4, -0.2) is 4.86 Å².